The number of rotatable bonds is 2. The topological polar surface area (TPSA) is 79.0 Å². The number of hydrogen-bond donors (Lipinski definition) is 3. The van der Waals surface area contributed by atoms with E-state index < -0.39 is 17.5 Å². The highest BCUT2D eigenvalue weighted by Crippen LogP contribution is 2.26. The third-order valence-corrected chi connectivity index (χ3v) is 3.94. The summed E-state index contributed by atoms with van der Waals surface area (Å²) in [5.41, 5.74) is 1.78. The summed E-state index contributed by atoms with van der Waals surface area (Å²) in [6, 6.07) is 7.28. The Morgan fingerprint density at radius 1 is 1.24 bits per heavy atom. The molecule has 128 valence electrons. The summed E-state index contributed by atoms with van der Waals surface area (Å²) < 4.78 is 32.2. The lowest BCUT2D eigenvalue weighted by Crippen LogP contribution is -2.16. The van der Waals surface area contributed by atoms with Crippen molar-refractivity contribution in [1.29, 1.82) is 0 Å². The lowest BCUT2D eigenvalue weighted by Gasteiger charge is -2.11. The molecule has 0 atom stereocenters. The Bertz CT molecular complexity index is 932. The van der Waals surface area contributed by atoms with Gasteiger partial charge >= 0.3 is 0 Å². The predicted molar refractivity (Wildman–Crippen MR) is 87.6 cm³/mol. The first-order chi connectivity index (χ1) is 12.1. The zero-order valence-electron chi connectivity index (χ0n) is 13.0. The molecule has 4 rings (SSSR count). The van der Waals surface area contributed by atoms with Crippen molar-refractivity contribution in [3.8, 4) is 5.75 Å². The number of carbonyl (C=O) groups excluding carboxylic acids is 1. The van der Waals surface area contributed by atoms with E-state index in [1.807, 2.05) is 6.07 Å². The first kappa shape index (κ1) is 15.5. The molecule has 1 aromatic heterocycles. The Kier molecular flexibility index (Phi) is 3.81. The number of H-pyrrole nitrogens is 1. The number of aromatic nitrogens is 2. The first-order valence-corrected chi connectivity index (χ1v) is 7.73. The highest BCUT2D eigenvalue weighted by atomic mass is 19.2. The number of fused-ring (bicyclic) bond motifs is 2. The average molecular weight is 344 g/mol. The number of ether oxygens (including phenoxy) is 1. The fourth-order valence-electron chi connectivity index (χ4n) is 2.76. The Hall–Kier alpha value is -3.00. The van der Waals surface area contributed by atoms with Crippen molar-refractivity contribution in [2.75, 3.05) is 18.5 Å². The van der Waals surface area contributed by atoms with Gasteiger partial charge in [0.25, 0.3) is 5.91 Å². The van der Waals surface area contributed by atoms with E-state index in [1.54, 1.807) is 12.1 Å². The number of para-hydroxylation sites is 1. The van der Waals surface area contributed by atoms with Gasteiger partial charge in [0.15, 0.2) is 11.6 Å². The van der Waals surface area contributed by atoms with Crippen molar-refractivity contribution < 1.29 is 18.3 Å². The van der Waals surface area contributed by atoms with Gasteiger partial charge in [-0.15, -0.1) is 0 Å². The van der Waals surface area contributed by atoms with E-state index >= 15 is 0 Å². The Morgan fingerprint density at radius 3 is 2.96 bits per heavy atom. The van der Waals surface area contributed by atoms with Crippen LogP contribution in [0.2, 0.25) is 0 Å². The van der Waals surface area contributed by atoms with Crippen LogP contribution in [-0.2, 0) is 6.54 Å². The number of imidazole rings is 1. The van der Waals surface area contributed by atoms with Crippen molar-refractivity contribution in [3.63, 3.8) is 0 Å². The van der Waals surface area contributed by atoms with E-state index in [0.717, 1.165) is 17.7 Å². The molecule has 3 N–H and O–H groups in total. The summed E-state index contributed by atoms with van der Waals surface area (Å²) in [5, 5.41) is 5.81. The second kappa shape index (κ2) is 6.14. The molecule has 0 bridgehead atoms. The van der Waals surface area contributed by atoms with Crippen molar-refractivity contribution in [2.24, 2.45) is 0 Å². The van der Waals surface area contributed by atoms with E-state index in [9.17, 15) is 13.6 Å². The van der Waals surface area contributed by atoms with Crippen LogP contribution in [0.15, 0.2) is 30.3 Å². The molecule has 25 heavy (non-hydrogen) atoms. The minimum Gasteiger partial charge on any atom is -0.491 e. The molecule has 0 saturated carbocycles. The Balaban J connectivity index is 1.64. The SMILES string of the molecule is O=C(Nc1nc2cc(F)c(F)cc2[nH]1)c1cccc2c1OCCNC2. The second-order valence-electron chi connectivity index (χ2n) is 5.64. The summed E-state index contributed by atoms with van der Waals surface area (Å²) in [6.45, 7) is 1.76. The average Bonchev–Trinajstić information content (AvgIpc) is 2.81. The van der Waals surface area contributed by atoms with Gasteiger partial charge in [-0.3, -0.25) is 10.1 Å². The van der Waals surface area contributed by atoms with Crippen molar-refractivity contribution >= 4 is 22.9 Å². The zero-order valence-corrected chi connectivity index (χ0v) is 13.0. The second-order valence-corrected chi connectivity index (χ2v) is 5.64. The van der Waals surface area contributed by atoms with Crippen molar-refractivity contribution in [3.05, 3.63) is 53.1 Å². The van der Waals surface area contributed by atoms with Crippen LogP contribution >= 0.6 is 0 Å². The summed E-state index contributed by atoms with van der Waals surface area (Å²) in [7, 11) is 0. The molecule has 0 unspecified atom stereocenters. The lowest BCUT2D eigenvalue weighted by atomic mass is 10.1. The third kappa shape index (κ3) is 2.91. The molecule has 2 aromatic carbocycles. The van der Waals surface area contributed by atoms with Crippen molar-refractivity contribution in [2.45, 2.75) is 6.54 Å². The summed E-state index contributed by atoms with van der Waals surface area (Å²) in [5.74, 6) is -1.76. The van der Waals surface area contributed by atoms with E-state index in [0.29, 0.717) is 36.5 Å². The number of amides is 1. The van der Waals surface area contributed by atoms with E-state index in [1.165, 1.54) is 0 Å². The molecule has 8 heteroatoms. The summed E-state index contributed by atoms with van der Waals surface area (Å²) in [6.07, 6.45) is 0. The largest absolute Gasteiger partial charge is 0.491 e. The number of anilines is 1. The maximum Gasteiger partial charge on any atom is 0.261 e. The van der Waals surface area contributed by atoms with E-state index in [4.69, 9.17) is 4.74 Å². The number of nitrogens with one attached hydrogen (secondary N) is 3. The van der Waals surface area contributed by atoms with E-state index in [2.05, 4.69) is 20.6 Å². The van der Waals surface area contributed by atoms with Gasteiger partial charge in [-0.1, -0.05) is 12.1 Å². The van der Waals surface area contributed by atoms with Gasteiger partial charge in [0, 0.05) is 30.8 Å². The van der Waals surface area contributed by atoms with E-state index in [-0.39, 0.29) is 11.5 Å². The lowest BCUT2D eigenvalue weighted by molar-refractivity contribution is 0.102. The molecular weight excluding hydrogens is 330 g/mol. The van der Waals surface area contributed by atoms with Gasteiger partial charge in [0.05, 0.1) is 16.6 Å². The molecule has 1 amide bonds. The highest BCUT2D eigenvalue weighted by molar-refractivity contribution is 6.06. The maximum absolute atomic E-state index is 13.3. The molecule has 0 saturated heterocycles. The van der Waals surface area contributed by atoms with Crippen LogP contribution in [0, 0.1) is 11.6 Å². The Morgan fingerprint density at radius 2 is 2.08 bits per heavy atom. The summed E-state index contributed by atoms with van der Waals surface area (Å²) >= 11 is 0. The van der Waals surface area contributed by atoms with Crippen LogP contribution in [0.1, 0.15) is 15.9 Å². The van der Waals surface area contributed by atoms with Crippen LogP contribution in [0.5, 0.6) is 5.75 Å². The monoisotopic (exact) mass is 344 g/mol. The van der Waals surface area contributed by atoms with Gasteiger partial charge in [-0.25, -0.2) is 13.8 Å². The Labute approximate surface area is 141 Å². The molecular formula is C17H14F2N4O2. The number of carbonyl (C=O) groups is 1. The first-order valence-electron chi connectivity index (χ1n) is 7.73. The third-order valence-electron chi connectivity index (χ3n) is 3.94. The minimum atomic E-state index is -0.994. The molecule has 0 radical (unpaired) electrons. The predicted octanol–water partition coefficient (Wildman–Crippen LogP) is 2.58. The standard InChI is InChI=1S/C17H14F2N4O2/c18-11-6-13-14(7-12(11)19)22-17(21-13)23-16(24)10-3-1-2-9-8-20-4-5-25-15(9)10/h1-3,6-7,20H,4-5,8H2,(H2,21,22,23,24). The minimum absolute atomic E-state index is 0.106. The van der Waals surface area contributed by atoms with Gasteiger partial charge < -0.3 is 15.0 Å². The van der Waals surface area contributed by atoms with Gasteiger partial charge in [0.2, 0.25) is 5.95 Å². The maximum atomic E-state index is 13.3. The van der Waals surface area contributed by atoms with Crippen LogP contribution in [-0.4, -0.2) is 29.0 Å². The fourth-order valence-corrected chi connectivity index (χ4v) is 2.76. The molecule has 6 nitrogen and oxygen atoms in total. The molecule has 1 aliphatic heterocycles. The van der Waals surface area contributed by atoms with Gasteiger partial charge in [-0.2, -0.15) is 0 Å². The van der Waals surface area contributed by atoms with Crippen LogP contribution in [0.25, 0.3) is 11.0 Å². The van der Waals surface area contributed by atoms with Crippen LogP contribution < -0.4 is 15.4 Å². The number of benzene rings is 2. The molecule has 3 aromatic rings. The fraction of sp³-hybridized carbons (Fsp3) is 0.176. The highest BCUT2D eigenvalue weighted by Gasteiger charge is 2.19. The van der Waals surface area contributed by atoms with Crippen molar-refractivity contribution in [1.82, 2.24) is 15.3 Å². The number of halogens is 2. The van der Waals surface area contributed by atoms with Crippen LogP contribution in [0.4, 0.5) is 14.7 Å². The molecule has 2 heterocycles. The number of hydrogen-bond acceptors (Lipinski definition) is 4. The smallest absolute Gasteiger partial charge is 0.261 e. The van der Waals surface area contributed by atoms with Crippen LogP contribution in [0.3, 0.4) is 0 Å². The zero-order chi connectivity index (χ0) is 17.4. The van der Waals surface area contributed by atoms with Gasteiger partial charge in [-0.05, 0) is 6.07 Å². The molecule has 0 spiro atoms. The quantitative estimate of drug-likeness (QED) is 0.668. The number of aromatic amines is 1. The number of nitrogens with zero attached hydrogens (tertiary/aromatic N) is 1. The molecule has 0 aliphatic carbocycles. The normalized spacial score (nSPS) is 13.8. The summed E-state index contributed by atoms with van der Waals surface area (Å²) in [4.78, 5) is 19.4. The molecule has 0 fully saturated rings. The van der Waals surface area contributed by atoms with Gasteiger partial charge in [0.1, 0.15) is 12.4 Å². The molecule has 1 aliphatic rings.